The number of ether oxygens (including phenoxy) is 1. The molecule has 0 bridgehead atoms. The van der Waals surface area contributed by atoms with Crippen molar-refractivity contribution in [2.24, 2.45) is 5.73 Å². The number of piperazine rings is 1. The van der Waals surface area contributed by atoms with E-state index in [1.165, 1.54) is 12.3 Å². The summed E-state index contributed by atoms with van der Waals surface area (Å²) in [5.74, 6) is -0.678. The minimum atomic E-state index is -0.692. The summed E-state index contributed by atoms with van der Waals surface area (Å²) < 4.78 is 20.3. The van der Waals surface area contributed by atoms with E-state index in [4.69, 9.17) is 10.5 Å². The number of carbonyl (C=O) groups is 2. The molecule has 1 aromatic heterocycles. The highest BCUT2D eigenvalue weighted by Crippen LogP contribution is 2.38. The molecule has 2 heterocycles. The van der Waals surface area contributed by atoms with Crippen molar-refractivity contribution in [3.05, 3.63) is 53.5 Å². The predicted molar refractivity (Wildman–Crippen MR) is 121 cm³/mol. The summed E-state index contributed by atoms with van der Waals surface area (Å²) in [5, 5.41) is 6.40. The second-order valence-electron chi connectivity index (χ2n) is 7.56. The molecule has 0 saturated carbocycles. The van der Waals surface area contributed by atoms with E-state index >= 15 is 0 Å². The molecule has 3 aromatic rings. The van der Waals surface area contributed by atoms with Crippen molar-refractivity contribution in [3.63, 3.8) is 0 Å². The fourth-order valence-corrected chi connectivity index (χ4v) is 3.76. The average molecular weight is 437 g/mol. The molecule has 1 fully saturated rings. The number of fused-ring (bicyclic) bond motifs is 1. The SMILES string of the molecule is CCOc1cc2ncc(C(N)=O)c(Nc3cc(C)ccc3F)c2cc1N1CCNC(=O)C1. The molecule has 0 unspecified atom stereocenters. The third kappa shape index (κ3) is 4.14. The first kappa shape index (κ1) is 21.4. The molecule has 1 saturated heterocycles. The number of carbonyl (C=O) groups excluding carboxylic acids is 2. The summed E-state index contributed by atoms with van der Waals surface area (Å²) in [5.41, 5.74) is 8.37. The third-order valence-electron chi connectivity index (χ3n) is 5.27. The minimum absolute atomic E-state index is 0.0945. The van der Waals surface area contributed by atoms with E-state index in [0.717, 1.165) is 5.56 Å². The summed E-state index contributed by atoms with van der Waals surface area (Å²) >= 11 is 0. The van der Waals surface area contributed by atoms with Crippen molar-refractivity contribution in [2.45, 2.75) is 13.8 Å². The van der Waals surface area contributed by atoms with Crippen LogP contribution in [0.15, 0.2) is 36.5 Å². The number of nitrogens with two attached hydrogens (primary N) is 1. The quantitative estimate of drug-likeness (QED) is 0.547. The highest BCUT2D eigenvalue weighted by atomic mass is 19.1. The van der Waals surface area contributed by atoms with Crippen LogP contribution in [0.25, 0.3) is 10.9 Å². The largest absolute Gasteiger partial charge is 0.492 e. The molecular formula is C23H24FN5O3. The Balaban J connectivity index is 1.92. The van der Waals surface area contributed by atoms with Gasteiger partial charge in [-0.1, -0.05) is 6.07 Å². The maximum Gasteiger partial charge on any atom is 0.252 e. The number of aromatic nitrogens is 1. The average Bonchev–Trinajstić information content (AvgIpc) is 2.76. The van der Waals surface area contributed by atoms with Gasteiger partial charge in [0.1, 0.15) is 11.6 Å². The number of rotatable bonds is 6. The van der Waals surface area contributed by atoms with Gasteiger partial charge in [-0.3, -0.25) is 14.6 Å². The van der Waals surface area contributed by atoms with Crippen LogP contribution < -0.4 is 26.0 Å². The highest BCUT2D eigenvalue weighted by molar-refractivity contribution is 6.08. The first-order valence-electron chi connectivity index (χ1n) is 10.3. The van der Waals surface area contributed by atoms with Crippen LogP contribution in [0.3, 0.4) is 0 Å². The van der Waals surface area contributed by atoms with Gasteiger partial charge in [-0.2, -0.15) is 0 Å². The lowest BCUT2D eigenvalue weighted by Gasteiger charge is -2.30. The Hall–Kier alpha value is -3.88. The lowest BCUT2D eigenvalue weighted by atomic mass is 10.1. The van der Waals surface area contributed by atoms with Gasteiger partial charge in [-0.25, -0.2) is 4.39 Å². The molecule has 4 rings (SSSR count). The lowest BCUT2D eigenvalue weighted by molar-refractivity contribution is -0.120. The number of aryl methyl sites for hydroxylation is 1. The minimum Gasteiger partial charge on any atom is -0.492 e. The van der Waals surface area contributed by atoms with E-state index < -0.39 is 11.7 Å². The molecule has 0 aliphatic carbocycles. The van der Waals surface area contributed by atoms with E-state index in [2.05, 4.69) is 15.6 Å². The molecule has 2 amide bonds. The highest BCUT2D eigenvalue weighted by Gasteiger charge is 2.23. The summed E-state index contributed by atoms with van der Waals surface area (Å²) in [7, 11) is 0. The van der Waals surface area contributed by atoms with Crippen molar-refractivity contribution < 1.29 is 18.7 Å². The summed E-state index contributed by atoms with van der Waals surface area (Å²) in [6.45, 7) is 5.41. The molecule has 9 heteroatoms. The van der Waals surface area contributed by atoms with Crippen molar-refractivity contribution in [2.75, 3.05) is 36.5 Å². The van der Waals surface area contributed by atoms with Crippen LogP contribution in [0, 0.1) is 12.7 Å². The van der Waals surface area contributed by atoms with Gasteiger partial charge in [0, 0.05) is 30.7 Å². The number of anilines is 3. The zero-order valence-corrected chi connectivity index (χ0v) is 17.9. The number of nitrogens with zero attached hydrogens (tertiary/aromatic N) is 2. The molecule has 1 aliphatic rings. The van der Waals surface area contributed by atoms with E-state index in [1.807, 2.05) is 18.7 Å². The van der Waals surface area contributed by atoms with Crippen LogP contribution in [-0.4, -0.2) is 43.0 Å². The number of benzene rings is 2. The molecule has 0 radical (unpaired) electrons. The Kier molecular flexibility index (Phi) is 5.81. The van der Waals surface area contributed by atoms with Crippen molar-refractivity contribution >= 4 is 39.8 Å². The second kappa shape index (κ2) is 8.70. The standard InChI is InChI=1S/C23H24FN5O3/c1-3-32-20-10-17-14(9-19(20)29-7-6-26-21(30)12-29)22(15(11-27-17)23(25)31)28-18-8-13(2)4-5-16(18)24/h4-5,8-11H,3,6-7,12H2,1-2H3,(H2,25,31)(H,26,30)(H,27,28). The third-order valence-corrected chi connectivity index (χ3v) is 5.27. The zero-order valence-electron chi connectivity index (χ0n) is 17.9. The number of nitrogens with one attached hydrogen (secondary N) is 2. The smallest absolute Gasteiger partial charge is 0.252 e. The summed E-state index contributed by atoms with van der Waals surface area (Å²) in [4.78, 5) is 30.4. The Morgan fingerprint density at radius 3 is 2.88 bits per heavy atom. The van der Waals surface area contributed by atoms with E-state index in [9.17, 15) is 14.0 Å². The van der Waals surface area contributed by atoms with E-state index in [0.29, 0.717) is 47.7 Å². The van der Waals surface area contributed by atoms with Crippen LogP contribution in [0.2, 0.25) is 0 Å². The van der Waals surface area contributed by atoms with Crippen LogP contribution in [0.1, 0.15) is 22.8 Å². The summed E-state index contributed by atoms with van der Waals surface area (Å²) in [6.07, 6.45) is 1.37. The van der Waals surface area contributed by atoms with Crippen molar-refractivity contribution in [1.82, 2.24) is 10.3 Å². The maximum atomic E-state index is 14.5. The van der Waals surface area contributed by atoms with Crippen LogP contribution in [0.5, 0.6) is 5.75 Å². The van der Waals surface area contributed by atoms with Gasteiger partial charge in [-0.05, 0) is 37.6 Å². The van der Waals surface area contributed by atoms with Crippen LogP contribution >= 0.6 is 0 Å². The molecule has 0 atom stereocenters. The fraction of sp³-hybridized carbons (Fsp3) is 0.261. The molecule has 32 heavy (non-hydrogen) atoms. The summed E-state index contributed by atoms with van der Waals surface area (Å²) in [6, 6.07) is 8.22. The molecule has 4 N–H and O–H groups in total. The van der Waals surface area contributed by atoms with Gasteiger partial charge in [0.2, 0.25) is 5.91 Å². The number of hydrogen-bond acceptors (Lipinski definition) is 6. The first-order chi connectivity index (χ1) is 15.4. The molecule has 8 nitrogen and oxygen atoms in total. The normalized spacial score (nSPS) is 13.7. The second-order valence-corrected chi connectivity index (χ2v) is 7.56. The van der Waals surface area contributed by atoms with Gasteiger partial charge in [0.15, 0.2) is 0 Å². The molecule has 166 valence electrons. The topological polar surface area (TPSA) is 110 Å². The number of pyridine rings is 1. The Bertz CT molecular complexity index is 1210. The van der Waals surface area contributed by atoms with Crippen LogP contribution in [-0.2, 0) is 4.79 Å². The fourth-order valence-electron chi connectivity index (χ4n) is 3.76. The van der Waals surface area contributed by atoms with Gasteiger partial charge >= 0.3 is 0 Å². The number of amides is 2. The van der Waals surface area contributed by atoms with Crippen molar-refractivity contribution in [3.8, 4) is 5.75 Å². The molecule has 0 spiro atoms. The Morgan fingerprint density at radius 1 is 1.34 bits per heavy atom. The maximum absolute atomic E-state index is 14.5. The monoisotopic (exact) mass is 437 g/mol. The number of hydrogen-bond donors (Lipinski definition) is 3. The van der Waals surface area contributed by atoms with E-state index in [-0.39, 0.29) is 23.7 Å². The van der Waals surface area contributed by atoms with Gasteiger partial charge in [-0.15, -0.1) is 0 Å². The number of primary amides is 1. The van der Waals surface area contributed by atoms with Crippen LogP contribution in [0.4, 0.5) is 21.5 Å². The Labute approximate surface area is 184 Å². The van der Waals surface area contributed by atoms with Gasteiger partial charge < -0.3 is 26.0 Å². The number of halogens is 1. The van der Waals surface area contributed by atoms with Gasteiger partial charge in [0.25, 0.3) is 5.91 Å². The molecular weight excluding hydrogens is 413 g/mol. The lowest BCUT2D eigenvalue weighted by Crippen LogP contribution is -2.47. The molecule has 1 aliphatic heterocycles. The van der Waals surface area contributed by atoms with Gasteiger partial charge in [0.05, 0.1) is 41.3 Å². The zero-order chi connectivity index (χ0) is 22.8. The predicted octanol–water partition coefficient (Wildman–Crippen LogP) is 2.86. The molecule has 2 aromatic carbocycles. The van der Waals surface area contributed by atoms with E-state index in [1.54, 1.807) is 24.3 Å². The first-order valence-corrected chi connectivity index (χ1v) is 10.3. The van der Waals surface area contributed by atoms with Crippen molar-refractivity contribution in [1.29, 1.82) is 0 Å². The Morgan fingerprint density at radius 2 is 2.16 bits per heavy atom.